The van der Waals surface area contributed by atoms with Gasteiger partial charge in [-0.15, -0.1) is 0 Å². The monoisotopic (exact) mass is 423 g/mol. The Bertz CT molecular complexity index is 1160. The molecule has 0 saturated heterocycles. The van der Waals surface area contributed by atoms with Crippen LogP contribution < -0.4 is 15.4 Å². The Labute approximate surface area is 175 Å². The largest absolute Gasteiger partial charge is 0.359 e. The van der Waals surface area contributed by atoms with Crippen molar-refractivity contribution in [3.8, 4) is 0 Å². The predicted molar refractivity (Wildman–Crippen MR) is 116 cm³/mol. The number of nitrogens with one attached hydrogen (secondary N) is 3. The van der Waals surface area contributed by atoms with Gasteiger partial charge in [-0.3, -0.25) is 14.3 Å². The van der Waals surface area contributed by atoms with Crippen molar-refractivity contribution >= 4 is 33.2 Å². The molecule has 0 heterocycles. The van der Waals surface area contributed by atoms with Gasteiger partial charge in [-0.05, 0) is 48.0 Å². The Kier molecular flexibility index (Phi) is 6.48. The van der Waals surface area contributed by atoms with Gasteiger partial charge in [0.25, 0.3) is 15.9 Å². The maximum Gasteiger partial charge on any atom is 0.261 e. The lowest BCUT2D eigenvalue weighted by molar-refractivity contribution is -0.119. The molecule has 0 bridgehead atoms. The number of likely N-dealkylation sites (N-methyl/N-ethyl adjacent to an activating group) is 1. The zero-order valence-corrected chi connectivity index (χ0v) is 17.1. The van der Waals surface area contributed by atoms with Crippen LogP contribution in [0.4, 0.5) is 11.4 Å². The van der Waals surface area contributed by atoms with Gasteiger partial charge in [-0.25, -0.2) is 8.42 Å². The third-order valence-corrected chi connectivity index (χ3v) is 5.64. The number of anilines is 2. The van der Waals surface area contributed by atoms with Gasteiger partial charge in [0.2, 0.25) is 5.91 Å². The lowest BCUT2D eigenvalue weighted by atomic mass is 10.1. The van der Waals surface area contributed by atoms with Gasteiger partial charge in [-0.1, -0.05) is 36.4 Å². The minimum atomic E-state index is -3.84. The fraction of sp³-hybridized carbons (Fsp3) is 0.0909. The third-order valence-electron chi connectivity index (χ3n) is 4.26. The second kappa shape index (κ2) is 9.23. The summed E-state index contributed by atoms with van der Waals surface area (Å²) in [7, 11) is -2.28. The molecule has 0 fully saturated rings. The number of sulfonamides is 1. The summed E-state index contributed by atoms with van der Waals surface area (Å²) in [6.45, 7) is 0. The van der Waals surface area contributed by atoms with Crippen molar-refractivity contribution in [2.24, 2.45) is 0 Å². The first-order valence-electron chi connectivity index (χ1n) is 9.16. The van der Waals surface area contributed by atoms with Crippen LogP contribution in [0, 0.1) is 0 Å². The van der Waals surface area contributed by atoms with E-state index in [2.05, 4.69) is 15.4 Å². The highest BCUT2D eigenvalue weighted by molar-refractivity contribution is 7.92. The third kappa shape index (κ3) is 5.45. The van der Waals surface area contributed by atoms with Crippen molar-refractivity contribution < 1.29 is 18.0 Å². The molecular weight excluding hydrogens is 402 g/mol. The van der Waals surface area contributed by atoms with Crippen LogP contribution in [0.3, 0.4) is 0 Å². The number of hydrogen-bond acceptors (Lipinski definition) is 4. The summed E-state index contributed by atoms with van der Waals surface area (Å²) < 4.78 is 27.7. The van der Waals surface area contributed by atoms with Gasteiger partial charge in [0, 0.05) is 24.0 Å². The average Bonchev–Trinajstić information content (AvgIpc) is 2.74. The van der Waals surface area contributed by atoms with E-state index in [9.17, 15) is 18.0 Å². The van der Waals surface area contributed by atoms with Crippen molar-refractivity contribution in [1.29, 1.82) is 0 Å². The molecule has 0 unspecified atom stereocenters. The fourth-order valence-corrected chi connectivity index (χ4v) is 3.86. The van der Waals surface area contributed by atoms with E-state index in [0.29, 0.717) is 11.4 Å². The van der Waals surface area contributed by atoms with Gasteiger partial charge in [0.05, 0.1) is 11.3 Å². The SMILES string of the molecule is CNC(=O)Cc1cccc(NC(=O)c2cccc(S(=O)(=O)Nc3ccccc3)c2)c1. The van der Waals surface area contributed by atoms with Crippen LogP contribution in [0.15, 0.2) is 83.8 Å². The highest BCUT2D eigenvalue weighted by Crippen LogP contribution is 2.18. The summed E-state index contributed by atoms with van der Waals surface area (Å²) in [4.78, 5) is 24.2. The van der Waals surface area contributed by atoms with Crippen LogP contribution in [0.2, 0.25) is 0 Å². The number of rotatable bonds is 7. The van der Waals surface area contributed by atoms with E-state index in [1.165, 1.54) is 24.3 Å². The molecule has 7 nitrogen and oxygen atoms in total. The molecule has 154 valence electrons. The van der Waals surface area contributed by atoms with Gasteiger partial charge >= 0.3 is 0 Å². The molecule has 3 rings (SSSR count). The van der Waals surface area contributed by atoms with Crippen LogP contribution in [0.1, 0.15) is 15.9 Å². The molecule has 0 atom stereocenters. The summed E-state index contributed by atoms with van der Waals surface area (Å²) in [5, 5.41) is 5.28. The molecule has 3 aromatic rings. The Morgan fingerprint density at radius 3 is 2.27 bits per heavy atom. The van der Waals surface area contributed by atoms with Gasteiger partial charge < -0.3 is 10.6 Å². The molecule has 0 aliphatic carbocycles. The normalized spacial score (nSPS) is 10.8. The number of carbonyl (C=O) groups excluding carboxylic acids is 2. The van der Waals surface area contributed by atoms with E-state index < -0.39 is 15.9 Å². The lowest BCUT2D eigenvalue weighted by Crippen LogP contribution is -2.20. The maximum absolute atomic E-state index is 12.6. The van der Waals surface area contributed by atoms with E-state index in [1.807, 2.05) is 0 Å². The Balaban J connectivity index is 1.76. The molecule has 8 heteroatoms. The summed E-state index contributed by atoms with van der Waals surface area (Å²) in [6, 6.07) is 21.2. The van der Waals surface area contributed by atoms with Crippen molar-refractivity contribution in [2.45, 2.75) is 11.3 Å². The van der Waals surface area contributed by atoms with Crippen LogP contribution in [0.25, 0.3) is 0 Å². The number of hydrogen-bond donors (Lipinski definition) is 3. The maximum atomic E-state index is 12.6. The lowest BCUT2D eigenvalue weighted by Gasteiger charge is -2.10. The molecule has 2 amide bonds. The molecule has 0 aliphatic rings. The minimum absolute atomic E-state index is 0.0210. The quantitative estimate of drug-likeness (QED) is 0.543. The minimum Gasteiger partial charge on any atom is -0.359 e. The zero-order chi connectivity index (χ0) is 21.6. The highest BCUT2D eigenvalue weighted by atomic mass is 32.2. The Hall–Kier alpha value is -3.65. The second-order valence-electron chi connectivity index (χ2n) is 6.50. The zero-order valence-electron chi connectivity index (χ0n) is 16.3. The smallest absolute Gasteiger partial charge is 0.261 e. The first kappa shape index (κ1) is 21.1. The van der Waals surface area contributed by atoms with E-state index in [-0.39, 0.29) is 22.8 Å². The van der Waals surface area contributed by atoms with Crippen LogP contribution >= 0.6 is 0 Å². The van der Waals surface area contributed by atoms with E-state index in [0.717, 1.165) is 5.56 Å². The van der Waals surface area contributed by atoms with Gasteiger partial charge in [-0.2, -0.15) is 0 Å². The summed E-state index contributed by atoms with van der Waals surface area (Å²) in [5.74, 6) is -0.592. The first-order chi connectivity index (χ1) is 14.4. The molecule has 0 radical (unpaired) electrons. The van der Waals surface area contributed by atoms with Crippen LogP contribution in [-0.2, 0) is 21.2 Å². The summed E-state index contributed by atoms with van der Waals surface area (Å²) >= 11 is 0. The highest BCUT2D eigenvalue weighted by Gasteiger charge is 2.17. The number of carbonyl (C=O) groups is 2. The second-order valence-corrected chi connectivity index (χ2v) is 8.19. The summed E-state index contributed by atoms with van der Waals surface area (Å²) in [6.07, 6.45) is 0.194. The summed E-state index contributed by atoms with van der Waals surface area (Å²) in [5.41, 5.74) is 1.88. The van der Waals surface area contributed by atoms with E-state index in [1.54, 1.807) is 61.6 Å². The molecule has 3 N–H and O–H groups in total. The topological polar surface area (TPSA) is 104 Å². The van der Waals surface area contributed by atoms with Gasteiger partial charge in [0.15, 0.2) is 0 Å². The Morgan fingerprint density at radius 2 is 1.53 bits per heavy atom. The molecule has 0 spiro atoms. The van der Waals surface area contributed by atoms with E-state index in [4.69, 9.17) is 0 Å². The molecular formula is C22H21N3O4S. The predicted octanol–water partition coefficient (Wildman–Crippen LogP) is 3.03. The van der Waals surface area contributed by atoms with Crippen molar-refractivity contribution in [2.75, 3.05) is 17.1 Å². The van der Waals surface area contributed by atoms with E-state index >= 15 is 0 Å². The van der Waals surface area contributed by atoms with Crippen LogP contribution in [-0.4, -0.2) is 27.3 Å². The van der Waals surface area contributed by atoms with Gasteiger partial charge in [0.1, 0.15) is 0 Å². The molecule has 0 aliphatic heterocycles. The van der Waals surface area contributed by atoms with Crippen molar-refractivity contribution in [3.63, 3.8) is 0 Å². The van der Waals surface area contributed by atoms with Crippen LogP contribution in [0.5, 0.6) is 0 Å². The average molecular weight is 423 g/mol. The number of benzene rings is 3. The number of para-hydroxylation sites is 1. The Morgan fingerprint density at radius 1 is 0.833 bits per heavy atom. The molecule has 0 saturated carbocycles. The van der Waals surface area contributed by atoms with Crippen molar-refractivity contribution in [3.05, 3.63) is 90.0 Å². The fourth-order valence-electron chi connectivity index (χ4n) is 2.76. The molecule has 30 heavy (non-hydrogen) atoms. The standard InChI is InChI=1S/C22H21N3O4S/c1-23-21(26)14-16-7-5-11-19(13-16)24-22(27)17-8-6-12-20(15-17)30(28,29)25-18-9-3-2-4-10-18/h2-13,15,25H,14H2,1H3,(H,23,26)(H,24,27). The number of amides is 2. The van der Waals surface area contributed by atoms with Crippen molar-refractivity contribution in [1.82, 2.24) is 5.32 Å². The molecule has 0 aromatic heterocycles. The molecule has 3 aromatic carbocycles. The first-order valence-corrected chi connectivity index (χ1v) is 10.6.